The average Bonchev–Trinajstić information content (AvgIpc) is 2.59. The molecule has 0 spiro atoms. The Bertz CT molecular complexity index is 659. The van der Waals surface area contributed by atoms with Crippen LogP contribution >= 0.6 is 0 Å². The van der Waals surface area contributed by atoms with E-state index in [1.807, 2.05) is 0 Å². The number of benzene rings is 2. The molecule has 0 aliphatic rings. The van der Waals surface area contributed by atoms with Crippen molar-refractivity contribution in [3.05, 3.63) is 53.8 Å². The molecule has 0 radical (unpaired) electrons. The number of halogens is 1. The van der Waals surface area contributed by atoms with Gasteiger partial charge in [0, 0.05) is 12.6 Å². The van der Waals surface area contributed by atoms with Crippen molar-refractivity contribution >= 4 is 11.6 Å². The van der Waals surface area contributed by atoms with Crippen molar-refractivity contribution in [2.24, 2.45) is 0 Å². The molecule has 0 fully saturated rings. The second-order valence-electron chi connectivity index (χ2n) is 4.82. The van der Waals surface area contributed by atoms with E-state index < -0.39 is 0 Å². The van der Waals surface area contributed by atoms with Gasteiger partial charge in [-0.25, -0.2) is 4.39 Å². The van der Waals surface area contributed by atoms with Crippen LogP contribution in [0.5, 0.6) is 11.5 Å². The van der Waals surface area contributed by atoms with Crippen molar-refractivity contribution in [2.75, 3.05) is 26.1 Å². The summed E-state index contributed by atoms with van der Waals surface area (Å²) in [4.78, 5) is 11.9. The molecule has 2 N–H and O–H groups in total. The number of anilines is 1. The van der Waals surface area contributed by atoms with Gasteiger partial charge in [0.1, 0.15) is 17.3 Å². The fraction of sp³-hybridized carbons (Fsp3) is 0.235. The first-order chi connectivity index (χ1) is 11.1. The Hall–Kier alpha value is -2.76. The van der Waals surface area contributed by atoms with E-state index in [-0.39, 0.29) is 18.3 Å². The Labute approximate surface area is 134 Å². The maximum atomic E-state index is 12.8. The van der Waals surface area contributed by atoms with Gasteiger partial charge in [-0.1, -0.05) is 12.1 Å². The molecule has 0 saturated carbocycles. The number of carbonyl (C=O) groups is 1. The van der Waals surface area contributed by atoms with Gasteiger partial charge in [0.2, 0.25) is 5.91 Å². The Morgan fingerprint density at radius 1 is 1.09 bits per heavy atom. The summed E-state index contributed by atoms with van der Waals surface area (Å²) in [5, 5.41) is 5.77. The molecule has 0 bridgehead atoms. The lowest BCUT2D eigenvalue weighted by molar-refractivity contribution is -0.119. The van der Waals surface area contributed by atoms with Crippen molar-refractivity contribution < 1.29 is 18.7 Å². The SMILES string of the molecule is COc1ccc(OC)c(NCC(=O)NCc2ccc(F)cc2)c1. The van der Waals surface area contributed by atoms with Gasteiger partial charge in [-0.15, -0.1) is 0 Å². The first-order valence-electron chi connectivity index (χ1n) is 7.09. The van der Waals surface area contributed by atoms with Crippen LogP contribution in [0.3, 0.4) is 0 Å². The third-order valence-electron chi connectivity index (χ3n) is 3.25. The van der Waals surface area contributed by atoms with Crippen LogP contribution in [0.1, 0.15) is 5.56 Å². The molecule has 122 valence electrons. The normalized spacial score (nSPS) is 10.0. The molecule has 5 nitrogen and oxygen atoms in total. The van der Waals surface area contributed by atoms with E-state index in [0.29, 0.717) is 23.7 Å². The minimum atomic E-state index is -0.299. The van der Waals surface area contributed by atoms with Crippen molar-refractivity contribution in [2.45, 2.75) is 6.54 Å². The second-order valence-corrected chi connectivity index (χ2v) is 4.82. The number of hydrogen-bond acceptors (Lipinski definition) is 4. The van der Waals surface area contributed by atoms with Gasteiger partial charge in [0.25, 0.3) is 0 Å². The van der Waals surface area contributed by atoms with Gasteiger partial charge in [-0.05, 0) is 29.8 Å². The fourth-order valence-corrected chi connectivity index (χ4v) is 1.99. The lowest BCUT2D eigenvalue weighted by Gasteiger charge is -2.12. The third kappa shape index (κ3) is 4.88. The van der Waals surface area contributed by atoms with Crippen molar-refractivity contribution in [3.8, 4) is 11.5 Å². The van der Waals surface area contributed by atoms with Gasteiger partial charge in [0.15, 0.2) is 0 Å². The summed E-state index contributed by atoms with van der Waals surface area (Å²) in [7, 11) is 3.13. The van der Waals surface area contributed by atoms with Crippen LogP contribution < -0.4 is 20.1 Å². The Morgan fingerprint density at radius 3 is 2.48 bits per heavy atom. The molecule has 0 unspecified atom stereocenters. The van der Waals surface area contributed by atoms with E-state index in [1.165, 1.54) is 12.1 Å². The molecule has 0 saturated heterocycles. The molecule has 0 atom stereocenters. The zero-order valence-corrected chi connectivity index (χ0v) is 13.1. The molecule has 1 amide bonds. The van der Waals surface area contributed by atoms with Crippen LogP contribution in [0, 0.1) is 5.82 Å². The van der Waals surface area contributed by atoms with E-state index in [4.69, 9.17) is 9.47 Å². The van der Waals surface area contributed by atoms with Gasteiger partial charge >= 0.3 is 0 Å². The van der Waals surface area contributed by atoms with Crippen molar-refractivity contribution in [1.29, 1.82) is 0 Å². The molecule has 2 aromatic carbocycles. The monoisotopic (exact) mass is 318 g/mol. The molecule has 2 rings (SSSR count). The summed E-state index contributed by atoms with van der Waals surface area (Å²) in [5.41, 5.74) is 1.50. The van der Waals surface area contributed by atoms with Gasteiger partial charge in [-0.3, -0.25) is 4.79 Å². The van der Waals surface area contributed by atoms with Crippen molar-refractivity contribution in [3.63, 3.8) is 0 Å². The van der Waals surface area contributed by atoms with Crippen LogP contribution in [0.2, 0.25) is 0 Å². The summed E-state index contributed by atoms with van der Waals surface area (Å²) in [6.45, 7) is 0.431. The van der Waals surface area contributed by atoms with Crippen molar-refractivity contribution in [1.82, 2.24) is 5.32 Å². The molecule has 0 aliphatic carbocycles. The number of amides is 1. The summed E-state index contributed by atoms with van der Waals surface area (Å²) < 4.78 is 23.2. The number of rotatable bonds is 7. The standard InChI is InChI=1S/C17H19FN2O3/c1-22-14-7-8-16(23-2)15(9-14)19-11-17(21)20-10-12-3-5-13(18)6-4-12/h3-9,19H,10-11H2,1-2H3,(H,20,21). The maximum Gasteiger partial charge on any atom is 0.239 e. The highest BCUT2D eigenvalue weighted by Crippen LogP contribution is 2.28. The molecule has 0 aliphatic heterocycles. The minimum Gasteiger partial charge on any atom is -0.497 e. The summed E-state index contributed by atoms with van der Waals surface area (Å²) in [6.07, 6.45) is 0. The molecular formula is C17H19FN2O3. The zero-order valence-electron chi connectivity index (χ0n) is 13.1. The summed E-state index contributed by atoms with van der Waals surface area (Å²) in [5.74, 6) is 0.809. The molecule has 23 heavy (non-hydrogen) atoms. The van der Waals surface area contributed by atoms with Gasteiger partial charge < -0.3 is 20.1 Å². The van der Waals surface area contributed by atoms with E-state index in [9.17, 15) is 9.18 Å². The first kappa shape index (κ1) is 16.6. The predicted octanol–water partition coefficient (Wildman–Crippen LogP) is 2.57. The average molecular weight is 318 g/mol. The number of carbonyl (C=O) groups excluding carboxylic acids is 1. The van der Waals surface area contributed by atoms with Crippen LogP contribution in [0.4, 0.5) is 10.1 Å². The number of nitrogens with one attached hydrogen (secondary N) is 2. The Kier molecular flexibility index (Phi) is 5.80. The van der Waals surface area contributed by atoms with E-state index in [2.05, 4.69) is 10.6 Å². The quantitative estimate of drug-likeness (QED) is 0.824. The van der Waals surface area contributed by atoms with Crippen LogP contribution in [-0.2, 0) is 11.3 Å². The highest BCUT2D eigenvalue weighted by molar-refractivity contribution is 5.81. The van der Waals surface area contributed by atoms with Gasteiger partial charge in [-0.2, -0.15) is 0 Å². The second kappa shape index (κ2) is 8.03. The smallest absolute Gasteiger partial charge is 0.239 e. The topological polar surface area (TPSA) is 59.6 Å². The first-order valence-corrected chi connectivity index (χ1v) is 7.09. The highest BCUT2D eigenvalue weighted by Gasteiger charge is 2.07. The third-order valence-corrected chi connectivity index (χ3v) is 3.25. The summed E-state index contributed by atoms with van der Waals surface area (Å²) in [6, 6.07) is 11.3. The van der Waals surface area contributed by atoms with E-state index in [0.717, 1.165) is 5.56 Å². The lowest BCUT2D eigenvalue weighted by Crippen LogP contribution is -2.29. The summed E-state index contributed by atoms with van der Waals surface area (Å²) >= 11 is 0. The van der Waals surface area contributed by atoms with E-state index >= 15 is 0 Å². The van der Waals surface area contributed by atoms with E-state index in [1.54, 1.807) is 44.6 Å². The molecule has 6 heteroatoms. The Morgan fingerprint density at radius 2 is 1.83 bits per heavy atom. The molecule has 2 aromatic rings. The number of hydrogen-bond donors (Lipinski definition) is 2. The largest absolute Gasteiger partial charge is 0.497 e. The van der Waals surface area contributed by atoms with Crippen LogP contribution in [0.15, 0.2) is 42.5 Å². The number of ether oxygens (including phenoxy) is 2. The maximum absolute atomic E-state index is 12.8. The molecule has 0 aromatic heterocycles. The zero-order chi connectivity index (χ0) is 16.7. The van der Waals surface area contributed by atoms with Crippen LogP contribution in [-0.4, -0.2) is 26.7 Å². The van der Waals surface area contributed by atoms with Gasteiger partial charge in [0.05, 0.1) is 26.5 Å². The molecule has 0 heterocycles. The van der Waals surface area contributed by atoms with Crippen LogP contribution in [0.25, 0.3) is 0 Å². The fourth-order valence-electron chi connectivity index (χ4n) is 1.99. The highest BCUT2D eigenvalue weighted by atomic mass is 19.1. The minimum absolute atomic E-state index is 0.0880. The predicted molar refractivity (Wildman–Crippen MR) is 86.3 cm³/mol. The lowest BCUT2D eigenvalue weighted by atomic mass is 10.2. The Balaban J connectivity index is 1.87. The molecular weight excluding hydrogens is 299 g/mol. The number of methoxy groups -OCH3 is 2.